The number of urea groups is 1. The number of nitrogens with zero attached hydrogens (tertiary/aromatic N) is 1. The molecule has 1 rings (SSSR count). The molecule has 2 N–H and O–H groups in total. The van der Waals surface area contributed by atoms with E-state index in [1.807, 2.05) is 6.92 Å². The van der Waals surface area contributed by atoms with E-state index < -0.39 is 5.97 Å². The Balaban J connectivity index is 2.59. The van der Waals surface area contributed by atoms with Crippen LogP contribution < -0.4 is 5.32 Å². The number of carboxylic acid groups (broad SMARTS) is 1. The number of nitrogens with one attached hydrogen (secondary N) is 1. The second-order valence-electron chi connectivity index (χ2n) is 4.67. The highest BCUT2D eigenvalue weighted by molar-refractivity contribution is 5.80. The van der Waals surface area contributed by atoms with Crippen molar-refractivity contribution in [2.75, 3.05) is 26.3 Å². The fourth-order valence-electron chi connectivity index (χ4n) is 1.82. The summed E-state index contributed by atoms with van der Waals surface area (Å²) in [7, 11) is 0. The number of hydrogen-bond acceptors (Lipinski definition) is 3. The van der Waals surface area contributed by atoms with Gasteiger partial charge in [0.2, 0.25) is 0 Å². The lowest BCUT2D eigenvalue weighted by Crippen LogP contribution is -2.54. The molecule has 6 heteroatoms. The molecule has 2 amide bonds. The standard InChI is InChI=1S/C12H20N2O4/c1-3-6-14(9-10(15)16)11(17)13-12(2)4-7-18-8-5-12/h3H,1,4-9H2,2H3,(H,13,17)(H,15,16). The lowest BCUT2D eigenvalue weighted by molar-refractivity contribution is -0.137. The predicted molar refractivity (Wildman–Crippen MR) is 66.4 cm³/mol. The van der Waals surface area contributed by atoms with Crippen molar-refractivity contribution in [3.8, 4) is 0 Å². The number of aliphatic carboxylic acids is 1. The van der Waals surface area contributed by atoms with Gasteiger partial charge in [-0.25, -0.2) is 4.79 Å². The van der Waals surface area contributed by atoms with E-state index in [1.54, 1.807) is 0 Å². The van der Waals surface area contributed by atoms with E-state index in [4.69, 9.17) is 9.84 Å². The van der Waals surface area contributed by atoms with Gasteiger partial charge in [0.15, 0.2) is 0 Å². The van der Waals surface area contributed by atoms with Gasteiger partial charge in [-0.05, 0) is 19.8 Å². The van der Waals surface area contributed by atoms with Crippen LogP contribution >= 0.6 is 0 Å². The van der Waals surface area contributed by atoms with Crippen molar-refractivity contribution in [1.82, 2.24) is 10.2 Å². The minimum Gasteiger partial charge on any atom is -0.480 e. The summed E-state index contributed by atoms with van der Waals surface area (Å²) in [4.78, 5) is 23.9. The topological polar surface area (TPSA) is 78.9 Å². The second-order valence-corrected chi connectivity index (χ2v) is 4.67. The minimum absolute atomic E-state index is 0.213. The summed E-state index contributed by atoms with van der Waals surface area (Å²) < 4.78 is 5.24. The molecule has 0 atom stereocenters. The molecule has 0 unspecified atom stereocenters. The normalized spacial score (nSPS) is 17.8. The molecule has 102 valence electrons. The molecule has 0 aromatic heterocycles. The molecule has 0 aromatic carbocycles. The molecular formula is C12H20N2O4. The van der Waals surface area contributed by atoms with E-state index in [1.165, 1.54) is 11.0 Å². The van der Waals surface area contributed by atoms with Gasteiger partial charge in [-0.2, -0.15) is 0 Å². The number of rotatable bonds is 5. The predicted octanol–water partition coefficient (Wildman–Crippen LogP) is 0.838. The van der Waals surface area contributed by atoms with Crippen LogP contribution in [0.4, 0.5) is 4.79 Å². The number of hydrogen-bond donors (Lipinski definition) is 2. The van der Waals surface area contributed by atoms with Crippen molar-refractivity contribution in [3.05, 3.63) is 12.7 Å². The van der Waals surface area contributed by atoms with Crippen molar-refractivity contribution >= 4 is 12.0 Å². The maximum atomic E-state index is 12.0. The van der Waals surface area contributed by atoms with Crippen LogP contribution in [0.3, 0.4) is 0 Å². The average Bonchev–Trinajstić information content (AvgIpc) is 2.28. The molecule has 0 saturated carbocycles. The highest BCUT2D eigenvalue weighted by Gasteiger charge is 2.30. The highest BCUT2D eigenvalue weighted by atomic mass is 16.5. The van der Waals surface area contributed by atoms with Gasteiger partial charge in [-0.15, -0.1) is 6.58 Å². The first-order valence-electron chi connectivity index (χ1n) is 5.94. The lowest BCUT2D eigenvalue weighted by Gasteiger charge is -2.36. The van der Waals surface area contributed by atoms with Crippen LogP contribution in [-0.2, 0) is 9.53 Å². The number of carbonyl (C=O) groups is 2. The molecule has 1 aliphatic heterocycles. The van der Waals surface area contributed by atoms with Crippen molar-refractivity contribution in [3.63, 3.8) is 0 Å². The SMILES string of the molecule is C=CCN(CC(=O)O)C(=O)NC1(C)CCOCC1. The highest BCUT2D eigenvalue weighted by Crippen LogP contribution is 2.19. The van der Waals surface area contributed by atoms with Crippen molar-refractivity contribution in [2.45, 2.75) is 25.3 Å². The largest absolute Gasteiger partial charge is 0.480 e. The molecule has 18 heavy (non-hydrogen) atoms. The zero-order valence-corrected chi connectivity index (χ0v) is 10.6. The third-order valence-electron chi connectivity index (χ3n) is 2.97. The van der Waals surface area contributed by atoms with Gasteiger partial charge in [-0.3, -0.25) is 4.79 Å². The van der Waals surface area contributed by atoms with Crippen LogP contribution in [0, 0.1) is 0 Å². The van der Waals surface area contributed by atoms with Gasteiger partial charge in [0.1, 0.15) is 6.54 Å². The first-order chi connectivity index (χ1) is 8.47. The molecule has 0 spiro atoms. The number of amides is 2. The fraction of sp³-hybridized carbons (Fsp3) is 0.667. The summed E-state index contributed by atoms with van der Waals surface area (Å²) in [5.74, 6) is -1.04. The Morgan fingerprint density at radius 1 is 1.50 bits per heavy atom. The van der Waals surface area contributed by atoms with Crippen LogP contribution in [0.15, 0.2) is 12.7 Å². The molecular weight excluding hydrogens is 236 g/mol. The van der Waals surface area contributed by atoms with Crippen LogP contribution in [0.25, 0.3) is 0 Å². The van der Waals surface area contributed by atoms with E-state index in [0.29, 0.717) is 13.2 Å². The van der Waals surface area contributed by atoms with Crippen LogP contribution in [-0.4, -0.2) is 53.8 Å². The molecule has 0 bridgehead atoms. The van der Waals surface area contributed by atoms with Crippen LogP contribution in [0.2, 0.25) is 0 Å². The van der Waals surface area contributed by atoms with Crippen molar-refractivity contribution < 1.29 is 19.4 Å². The third-order valence-corrected chi connectivity index (χ3v) is 2.97. The monoisotopic (exact) mass is 256 g/mol. The van der Waals surface area contributed by atoms with Gasteiger partial charge in [0, 0.05) is 25.3 Å². The quantitative estimate of drug-likeness (QED) is 0.714. The van der Waals surface area contributed by atoms with Gasteiger partial charge < -0.3 is 20.1 Å². The van der Waals surface area contributed by atoms with Crippen LogP contribution in [0.5, 0.6) is 0 Å². The number of carbonyl (C=O) groups excluding carboxylic acids is 1. The summed E-state index contributed by atoms with van der Waals surface area (Å²) in [5.41, 5.74) is -0.326. The zero-order chi connectivity index (χ0) is 13.6. The molecule has 1 aliphatic rings. The molecule has 0 radical (unpaired) electrons. The molecule has 0 aliphatic carbocycles. The summed E-state index contributed by atoms with van der Waals surface area (Å²) >= 11 is 0. The molecule has 1 heterocycles. The summed E-state index contributed by atoms with van der Waals surface area (Å²) in [6.07, 6.45) is 2.97. The van der Waals surface area contributed by atoms with Gasteiger partial charge in [0.25, 0.3) is 0 Å². The Kier molecular flexibility index (Phi) is 5.15. The van der Waals surface area contributed by atoms with Gasteiger partial charge in [-0.1, -0.05) is 6.08 Å². The van der Waals surface area contributed by atoms with E-state index in [9.17, 15) is 9.59 Å². The Morgan fingerprint density at radius 2 is 2.11 bits per heavy atom. The Hall–Kier alpha value is -1.56. The van der Waals surface area contributed by atoms with Crippen LogP contribution in [0.1, 0.15) is 19.8 Å². The molecule has 0 aromatic rings. The Bertz CT molecular complexity index is 324. The summed E-state index contributed by atoms with van der Waals surface area (Å²) in [5, 5.41) is 11.6. The maximum Gasteiger partial charge on any atom is 0.323 e. The number of ether oxygens (including phenoxy) is 1. The third kappa shape index (κ3) is 4.37. The smallest absolute Gasteiger partial charge is 0.323 e. The number of carboxylic acids is 1. The molecule has 6 nitrogen and oxygen atoms in total. The van der Waals surface area contributed by atoms with E-state index in [2.05, 4.69) is 11.9 Å². The maximum absolute atomic E-state index is 12.0. The fourth-order valence-corrected chi connectivity index (χ4v) is 1.82. The van der Waals surface area contributed by atoms with E-state index >= 15 is 0 Å². The summed E-state index contributed by atoms with van der Waals surface area (Å²) in [6, 6.07) is -0.373. The second kappa shape index (κ2) is 6.39. The van der Waals surface area contributed by atoms with E-state index in [0.717, 1.165) is 12.8 Å². The first kappa shape index (κ1) is 14.5. The Morgan fingerprint density at radius 3 is 2.61 bits per heavy atom. The summed E-state index contributed by atoms with van der Waals surface area (Å²) in [6.45, 7) is 6.57. The molecule has 1 saturated heterocycles. The zero-order valence-electron chi connectivity index (χ0n) is 10.6. The Labute approximate surface area is 107 Å². The van der Waals surface area contributed by atoms with E-state index in [-0.39, 0.29) is 24.7 Å². The van der Waals surface area contributed by atoms with Crippen molar-refractivity contribution in [2.24, 2.45) is 0 Å². The first-order valence-corrected chi connectivity index (χ1v) is 5.94. The van der Waals surface area contributed by atoms with Gasteiger partial charge >= 0.3 is 12.0 Å². The van der Waals surface area contributed by atoms with Crippen molar-refractivity contribution in [1.29, 1.82) is 0 Å². The average molecular weight is 256 g/mol. The lowest BCUT2D eigenvalue weighted by atomic mass is 9.93. The minimum atomic E-state index is -1.04. The molecule has 1 fully saturated rings. The van der Waals surface area contributed by atoms with Gasteiger partial charge in [0.05, 0.1) is 0 Å².